The number of alkyl halides is 2. The summed E-state index contributed by atoms with van der Waals surface area (Å²) >= 11 is 0. The second kappa shape index (κ2) is 10.3. The first-order chi connectivity index (χ1) is 15.7. The molecule has 0 spiro atoms. The second-order valence-corrected chi connectivity index (χ2v) is 7.74. The number of carbonyl (C=O) groups excluding carboxylic acids is 1. The fourth-order valence-electron chi connectivity index (χ4n) is 3.18. The van der Waals surface area contributed by atoms with E-state index in [0.717, 1.165) is 10.9 Å². The van der Waals surface area contributed by atoms with Gasteiger partial charge in [-0.1, -0.05) is 49.4 Å². The molecule has 0 heterocycles. The smallest absolute Gasteiger partial charge is 0.329 e. The fraction of sp³-hybridized carbons (Fsp3) is 0.280. The van der Waals surface area contributed by atoms with Gasteiger partial charge in [-0.15, -0.1) is 0 Å². The lowest BCUT2D eigenvalue weighted by Gasteiger charge is -2.25. The van der Waals surface area contributed by atoms with E-state index in [2.05, 4.69) is 5.32 Å². The number of ether oxygens (including phenoxy) is 2. The van der Waals surface area contributed by atoms with Crippen molar-refractivity contribution >= 4 is 22.6 Å². The summed E-state index contributed by atoms with van der Waals surface area (Å²) in [5.74, 6) is -1.04. The lowest BCUT2D eigenvalue weighted by molar-refractivity contribution is -0.143. The van der Waals surface area contributed by atoms with Gasteiger partial charge in [-0.3, -0.25) is 4.79 Å². The predicted octanol–water partition coefficient (Wildman–Crippen LogP) is 5.05. The van der Waals surface area contributed by atoms with Gasteiger partial charge in [0.25, 0.3) is 12.3 Å². The number of rotatable bonds is 10. The maximum Gasteiger partial charge on any atom is 0.329 e. The molecule has 0 aromatic heterocycles. The minimum Gasteiger partial charge on any atom is -0.488 e. The Kier molecular flexibility index (Phi) is 7.48. The Morgan fingerprint density at radius 3 is 2.36 bits per heavy atom. The summed E-state index contributed by atoms with van der Waals surface area (Å²) in [6.45, 7) is 2.55. The highest BCUT2D eigenvalue weighted by atomic mass is 19.3. The van der Waals surface area contributed by atoms with Gasteiger partial charge >= 0.3 is 5.97 Å². The maximum absolute atomic E-state index is 13.0. The predicted molar refractivity (Wildman–Crippen MR) is 120 cm³/mol. The van der Waals surface area contributed by atoms with Crippen LogP contribution in [0.4, 0.5) is 8.78 Å². The number of carboxylic acids is 1. The summed E-state index contributed by atoms with van der Waals surface area (Å²) in [7, 11) is 0. The number of nitrogens with one attached hydrogen (secondary N) is 1. The van der Waals surface area contributed by atoms with Crippen molar-refractivity contribution < 1.29 is 33.0 Å². The summed E-state index contributed by atoms with van der Waals surface area (Å²) in [6.07, 6.45) is -2.35. The monoisotopic (exact) mass is 457 g/mol. The maximum atomic E-state index is 13.0. The van der Waals surface area contributed by atoms with Crippen LogP contribution in [-0.4, -0.2) is 35.6 Å². The summed E-state index contributed by atoms with van der Waals surface area (Å²) in [6, 6.07) is 17.3. The number of fused-ring (bicyclic) bond motifs is 1. The Hall–Kier alpha value is -3.68. The van der Waals surface area contributed by atoms with Crippen molar-refractivity contribution in [1.82, 2.24) is 5.32 Å². The van der Waals surface area contributed by atoms with Crippen LogP contribution in [0.5, 0.6) is 11.5 Å². The molecule has 0 fully saturated rings. The molecule has 0 radical (unpaired) electrons. The van der Waals surface area contributed by atoms with E-state index in [9.17, 15) is 23.5 Å². The zero-order chi connectivity index (χ0) is 24.0. The lowest BCUT2D eigenvalue weighted by atomic mass is 9.97. The van der Waals surface area contributed by atoms with E-state index in [1.54, 1.807) is 43.3 Å². The minimum absolute atomic E-state index is 0.105. The van der Waals surface area contributed by atoms with Crippen LogP contribution in [0.3, 0.4) is 0 Å². The third-order valence-electron chi connectivity index (χ3n) is 5.38. The highest BCUT2D eigenvalue weighted by Crippen LogP contribution is 2.31. The molecule has 8 heteroatoms. The van der Waals surface area contributed by atoms with Crippen molar-refractivity contribution in [1.29, 1.82) is 0 Å². The first kappa shape index (κ1) is 24.0. The molecule has 3 rings (SSSR count). The van der Waals surface area contributed by atoms with Gasteiger partial charge in [0, 0.05) is 5.39 Å². The molecular formula is C25H25F2NO5. The van der Waals surface area contributed by atoms with Gasteiger partial charge in [-0.2, -0.15) is 0 Å². The van der Waals surface area contributed by atoms with Crippen molar-refractivity contribution in [3.05, 3.63) is 71.8 Å². The molecule has 2 N–H and O–H groups in total. The van der Waals surface area contributed by atoms with Crippen molar-refractivity contribution in [3.8, 4) is 11.5 Å². The molecule has 0 saturated heterocycles. The number of benzene rings is 3. The van der Waals surface area contributed by atoms with Gasteiger partial charge in [0.1, 0.15) is 30.3 Å². The number of hydrogen-bond donors (Lipinski definition) is 2. The van der Waals surface area contributed by atoms with E-state index in [1.807, 2.05) is 24.3 Å². The van der Waals surface area contributed by atoms with Crippen LogP contribution in [-0.2, 0) is 11.4 Å². The van der Waals surface area contributed by atoms with Crippen LogP contribution in [0.1, 0.15) is 36.2 Å². The summed E-state index contributed by atoms with van der Waals surface area (Å²) in [5.41, 5.74) is -0.470. The molecule has 0 aliphatic heterocycles. The SMILES string of the molecule is CCC(C)(NC(=O)c1ccc2ccccc2c1OCc1ccc(OCC(F)F)cc1)C(=O)O. The Morgan fingerprint density at radius 2 is 1.73 bits per heavy atom. The number of halogens is 2. The highest BCUT2D eigenvalue weighted by Gasteiger charge is 2.34. The Labute approximate surface area is 190 Å². The molecule has 0 bridgehead atoms. The molecule has 1 atom stereocenters. The molecular weight excluding hydrogens is 432 g/mol. The molecule has 33 heavy (non-hydrogen) atoms. The second-order valence-electron chi connectivity index (χ2n) is 7.74. The van der Waals surface area contributed by atoms with Crippen LogP contribution >= 0.6 is 0 Å². The standard InChI is InChI=1S/C25H25F2NO5/c1-3-25(2,24(30)31)28-23(29)20-13-10-17-6-4-5-7-19(17)22(20)33-14-16-8-11-18(12-9-16)32-15-21(26)27/h4-13,21H,3,14-15H2,1-2H3,(H,28,29)(H,30,31). The van der Waals surface area contributed by atoms with Crippen molar-refractivity contribution in [2.75, 3.05) is 6.61 Å². The molecule has 0 aliphatic carbocycles. The number of amides is 1. The quantitative estimate of drug-likeness (QED) is 0.445. The topological polar surface area (TPSA) is 84.9 Å². The zero-order valence-corrected chi connectivity index (χ0v) is 18.3. The van der Waals surface area contributed by atoms with E-state index >= 15 is 0 Å². The van der Waals surface area contributed by atoms with Crippen LogP contribution in [0.15, 0.2) is 60.7 Å². The minimum atomic E-state index is -2.56. The van der Waals surface area contributed by atoms with Crippen molar-refractivity contribution in [2.24, 2.45) is 0 Å². The van der Waals surface area contributed by atoms with E-state index in [-0.39, 0.29) is 18.6 Å². The average molecular weight is 457 g/mol. The Bertz CT molecular complexity index is 1130. The lowest BCUT2D eigenvalue weighted by Crippen LogP contribution is -2.51. The van der Waals surface area contributed by atoms with Crippen LogP contribution < -0.4 is 14.8 Å². The van der Waals surface area contributed by atoms with Gasteiger partial charge in [0.05, 0.1) is 5.56 Å². The normalized spacial score (nSPS) is 12.9. The van der Waals surface area contributed by atoms with Crippen LogP contribution in [0, 0.1) is 0 Å². The first-order valence-corrected chi connectivity index (χ1v) is 10.4. The zero-order valence-electron chi connectivity index (χ0n) is 18.3. The molecule has 3 aromatic rings. The van der Waals surface area contributed by atoms with Crippen LogP contribution in [0.25, 0.3) is 10.8 Å². The third-order valence-corrected chi connectivity index (χ3v) is 5.38. The number of hydrogen-bond acceptors (Lipinski definition) is 4. The molecule has 0 saturated carbocycles. The summed E-state index contributed by atoms with van der Waals surface area (Å²) in [5, 5.41) is 13.7. The molecule has 6 nitrogen and oxygen atoms in total. The molecule has 1 amide bonds. The largest absolute Gasteiger partial charge is 0.488 e. The van der Waals surface area contributed by atoms with E-state index in [1.165, 1.54) is 6.92 Å². The van der Waals surface area contributed by atoms with Gasteiger partial charge in [-0.25, -0.2) is 13.6 Å². The highest BCUT2D eigenvalue weighted by molar-refractivity contribution is 6.05. The molecule has 1 unspecified atom stereocenters. The molecule has 3 aromatic carbocycles. The number of carboxylic acid groups (broad SMARTS) is 1. The van der Waals surface area contributed by atoms with E-state index < -0.39 is 30.4 Å². The van der Waals surface area contributed by atoms with Crippen molar-refractivity contribution in [3.63, 3.8) is 0 Å². The van der Waals surface area contributed by atoms with E-state index in [0.29, 0.717) is 16.9 Å². The number of carbonyl (C=O) groups is 2. The molecule has 0 aliphatic rings. The molecule has 174 valence electrons. The third kappa shape index (κ3) is 5.77. The number of aliphatic carboxylic acids is 1. The van der Waals surface area contributed by atoms with Gasteiger partial charge in [0.2, 0.25) is 0 Å². The average Bonchev–Trinajstić information content (AvgIpc) is 2.81. The van der Waals surface area contributed by atoms with Gasteiger partial charge < -0.3 is 19.9 Å². The summed E-state index contributed by atoms with van der Waals surface area (Å²) in [4.78, 5) is 24.7. The summed E-state index contributed by atoms with van der Waals surface area (Å²) < 4.78 is 35.6. The van der Waals surface area contributed by atoms with Gasteiger partial charge in [0.15, 0.2) is 0 Å². The Balaban J connectivity index is 1.86. The van der Waals surface area contributed by atoms with Crippen LogP contribution in [0.2, 0.25) is 0 Å². The van der Waals surface area contributed by atoms with Gasteiger partial charge in [-0.05, 0) is 42.5 Å². The van der Waals surface area contributed by atoms with E-state index in [4.69, 9.17) is 9.47 Å². The Morgan fingerprint density at radius 1 is 1.03 bits per heavy atom. The van der Waals surface area contributed by atoms with Crippen molar-refractivity contribution in [2.45, 2.75) is 38.8 Å². The first-order valence-electron chi connectivity index (χ1n) is 10.4. The fourth-order valence-corrected chi connectivity index (χ4v) is 3.18.